The number of amides is 1. The molecule has 6 nitrogen and oxygen atoms in total. The monoisotopic (exact) mass is 417 g/mol. The van der Waals surface area contributed by atoms with Crippen molar-refractivity contribution in [3.05, 3.63) is 72.1 Å². The first kappa shape index (κ1) is 19.4. The normalized spacial score (nSPS) is 15.6. The number of aromatic nitrogens is 1. The summed E-state index contributed by atoms with van der Waals surface area (Å²) in [4.78, 5) is 18.4. The van der Waals surface area contributed by atoms with Crippen LogP contribution in [0.15, 0.2) is 59.6 Å². The average Bonchev–Trinajstić information content (AvgIpc) is 2.74. The Labute approximate surface area is 166 Å². The summed E-state index contributed by atoms with van der Waals surface area (Å²) in [5.41, 5.74) is 0.319. The van der Waals surface area contributed by atoms with Crippen LogP contribution in [0.5, 0.6) is 0 Å². The Balaban J connectivity index is 1.51. The molecule has 1 fully saturated rings. The van der Waals surface area contributed by atoms with Crippen LogP contribution in [-0.4, -0.2) is 54.7 Å². The van der Waals surface area contributed by atoms with Crippen molar-refractivity contribution in [1.29, 1.82) is 0 Å². The summed E-state index contributed by atoms with van der Waals surface area (Å²) in [6.45, 7) is 0.453. The van der Waals surface area contributed by atoms with Gasteiger partial charge in [0.2, 0.25) is 10.0 Å². The highest BCUT2D eigenvalue weighted by Crippen LogP contribution is 2.22. The Hall–Kier alpha value is -2.91. The molecule has 9 heteroatoms. The van der Waals surface area contributed by atoms with Gasteiger partial charge in [-0.3, -0.25) is 9.78 Å². The minimum absolute atomic E-state index is 0.0534. The second-order valence-electron chi connectivity index (χ2n) is 6.65. The van der Waals surface area contributed by atoms with E-state index >= 15 is 0 Å². The number of carbonyl (C=O) groups excluding carboxylic acids is 1. The summed E-state index contributed by atoms with van der Waals surface area (Å²) in [5, 5.41) is 1.63. The Morgan fingerprint density at radius 1 is 0.931 bits per heavy atom. The van der Waals surface area contributed by atoms with Crippen LogP contribution in [0.25, 0.3) is 10.8 Å². The van der Waals surface area contributed by atoms with Gasteiger partial charge in [-0.15, -0.1) is 0 Å². The first-order valence-corrected chi connectivity index (χ1v) is 10.4. The fraction of sp³-hybridized carbons (Fsp3) is 0.200. The maximum absolute atomic E-state index is 13.4. The van der Waals surface area contributed by atoms with E-state index in [1.165, 1.54) is 4.31 Å². The Kier molecular flexibility index (Phi) is 5.01. The predicted octanol–water partition coefficient (Wildman–Crippen LogP) is 2.66. The van der Waals surface area contributed by atoms with E-state index in [-0.39, 0.29) is 37.0 Å². The fourth-order valence-corrected chi connectivity index (χ4v) is 4.79. The summed E-state index contributed by atoms with van der Waals surface area (Å²) in [5.74, 6) is -2.60. The third kappa shape index (κ3) is 3.58. The molecule has 1 aliphatic rings. The summed E-state index contributed by atoms with van der Waals surface area (Å²) in [6, 6.07) is 11.7. The van der Waals surface area contributed by atoms with Crippen LogP contribution in [0, 0.1) is 11.6 Å². The van der Waals surface area contributed by atoms with Crippen LogP contribution in [0.1, 0.15) is 10.5 Å². The van der Waals surface area contributed by atoms with Crippen LogP contribution < -0.4 is 0 Å². The molecule has 0 bridgehead atoms. The zero-order valence-electron chi connectivity index (χ0n) is 15.3. The van der Waals surface area contributed by atoms with Gasteiger partial charge in [-0.05, 0) is 29.7 Å². The van der Waals surface area contributed by atoms with Gasteiger partial charge in [0, 0.05) is 37.8 Å². The van der Waals surface area contributed by atoms with Crippen molar-refractivity contribution in [2.75, 3.05) is 26.2 Å². The second kappa shape index (κ2) is 7.49. The zero-order chi connectivity index (χ0) is 20.6. The van der Waals surface area contributed by atoms with Crippen LogP contribution in [0.2, 0.25) is 0 Å². The minimum Gasteiger partial charge on any atom is -0.335 e. The molecule has 2 aromatic carbocycles. The van der Waals surface area contributed by atoms with Gasteiger partial charge < -0.3 is 4.90 Å². The lowest BCUT2D eigenvalue weighted by atomic mass is 10.1. The molecule has 3 aromatic rings. The van der Waals surface area contributed by atoms with E-state index in [0.717, 1.165) is 22.9 Å². The first-order valence-electron chi connectivity index (χ1n) is 8.96. The van der Waals surface area contributed by atoms with E-state index in [2.05, 4.69) is 4.98 Å². The number of nitrogens with zero attached hydrogens (tertiary/aromatic N) is 3. The molecule has 29 heavy (non-hydrogen) atoms. The maximum Gasteiger partial charge on any atom is 0.273 e. The molecular formula is C20H17F2N3O3S. The molecule has 0 N–H and O–H groups in total. The molecule has 4 rings (SSSR count). The Bertz CT molecular complexity index is 1190. The lowest BCUT2D eigenvalue weighted by Crippen LogP contribution is -2.50. The molecule has 0 radical (unpaired) electrons. The highest BCUT2D eigenvalue weighted by molar-refractivity contribution is 7.89. The standard InChI is InChI=1S/C20H17F2N3O3S/c21-17-6-5-15(13-18(17)22)29(27,28)25-11-9-24(10-12-25)20(26)19-16-4-2-1-3-14(16)7-8-23-19/h1-8,13H,9-12H2. The van der Waals surface area contributed by atoms with E-state index in [4.69, 9.17) is 0 Å². The zero-order valence-corrected chi connectivity index (χ0v) is 16.1. The van der Waals surface area contributed by atoms with Gasteiger partial charge in [0.05, 0.1) is 4.90 Å². The van der Waals surface area contributed by atoms with Crippen molar-refractivity contribution in [3.8, 4) is 0 Å². The fourth-order valence-electron chi connectivity index (χ4n) is 3.36. The quantitative estimate of drug-likeness (QED) is 0.657. The second-order valence-corrected chi connectivity index (χ2v) is 8.59. The smallest absolute Gasteiger partial charge is 0.273 e. The van der Waals surface area contributed by atoms with Gasteiger partial charge in [0.15, 0.2) is 11.6 Å². The van der Waals surface area contributed by atoms with Gasteiger partial charge >= 0.3 is 0 Å². The summed E-state index contributed by atoms with van der Waals surface area (Å²) >= 11 is 0. The van der Waals surface area contributed by atoms with Gasteiger partial charge in [0.1, 0.15) is 5.69 Å². The van der Waals surface area contributed by atoms with E-state index in [0.29, 0.717) is 11.8 Å². The van der Waals surface area contributed by atoms with Gasteiger partial charge in [-0.2, -0.15) is 4.31 Å². The van der Waals surface area contributed by atoms with E-state index in [1.54, 1.807) is 11.1 Å². The summed E-state index contributed by atoms with van der Waals surface area (Å²) in [7, 11) is -3.98. The molecule has 1 amide bonds. The number of hydrogen-bond donors (Lipinski definition) is 0. The first-order chi connectivity index (χ1) is 13.9. The molecule has 0 atom stereocenters. The minimum atomic E-state index is -3.98. The van der Waals surface area contributed by atoms with E-state index < -0.39 is 21.7 Å². The predicted molar refractivity (Wildman–Crippen MR) is 103 cm³/mol. The van der Waals surface area contributed by atoms with E-state index in [9.17, 15) is 22.0 Å². The number of halogens is 2. The van der Waals surface area contributed by atoms with Gasteiger partial charge in [-0.1, -0.05) is 24.3 Å². The molecular weight excluding hydrogens is 400 g/mol. The molecule has 0 unspecified atom stereocenters. The number of benzene rings is 2. The molecule has 2 heterocycles. The van der Waals surface area contributed by atoms with Gasteiger partial charge in [0.25, 0.3) is 5.91 Å². The van der Waals surface area contributed by atoms with Crippen molar-refractivity contribution in [3.63, 3.8) is 0 Å². The molecule has 0 spiro atoms. The van der Waals surface area contributed by atoms with E-state index in [1.807, 2.05) is 30.3 Å². The van der Waals surface area contributed by atoms with Crippen molar-refractivity contribution >= 4 is 26.7 Å². The summed E-state index contributed by atoms with van der Waals surface area (Å²) < 4.78 is 53.1. The molecule has 150 valence electrons. The third-order valence-corrected chi connectivity index (χ3v) is 6.83. The summed E-state index contributed by atoms with van der Waals surface area (Å²) in [6.07, 6.45) is 1.57. The van der Waals surface area contributed by atoms with Gasteiger partial charge in [-0.25, -0.2) is 17.2 Å². The average molecular weight is 417 g/mol. The number of rotatable bonds is 3. The topological polar surface area (TPSA) is 70.6 Å². The third-order valence-electron chi connectivity index (χ3n) is 4.93. The molecule has 0 saturated carbocycles. The highest BCUT2D eigenvalue weighted by atomic mass is 32.2. The number of fused-ring (bicyclic) bond motifs is 1. The number of carbonyl (C=O) groups is 1. The Morgan fingerprint density at radius 2 is 1.66 bits per heavy atom. The molecule has 1 saturated heterocycles. The van der Waals surface area contributed by atoms with Crippen LogP contribution >= 0.6 is 0 Å². The maximum atomic E-state index is 13.4. The van der Waals surface area contributed by atoms with Crippen molar-refractivity contribution < 1.29 is 22.0 Å². The highest BCUT2D eigenvalue weighted by Gasteiger charge is 2.31. The van der Waals surface area contributed by atoms with Crippen molar-refractivity contribution in [2.24, 2.45) is 0 Å². The van der Waals surface area contributed by atoms with Crippen LogP contribution in [-0.2, 0) is 10.0 Å². The lowest BCUT2D eigenvalue weighted by Gasteiger charge is -2.34. The number of sulfonamides is 1. The molecule has 0 aliphatic carbocycles. The van der Waals surface area contributed by atoms with Crippen molar-refractivity contribution in [1.82, 2.24) is 14.2 Å². The Morgan fingerprint density at radius 3 is 2.38 bits per heavy atom. The lowest BCUT2D eigenvalue weighted by molar-refractivity contribution is 0.0694. The number of piperazine rings is 1. The largest absolute Gasteiger partial charge is 0.335 e. The van der Waals surface area contributed by atoms with Crippen LogP contribution in [0.4, 0.5) is 8.78 Å². The SMILES string of the molecule is O=C(c1nccc2ccccc12)N1CCN(S(=O)(=O)c2ccc(F)c(F)c2)CC1. The van der Waals surface area contributed by atoms with Crippen molar-refractivity contribution in [2.45, 2.75) is 4.90 Å². The van der Waals surface area contributed by atoms with Crippen LogP contribution in [0.3, 0.4) is 0 Å². The number of hydrogen-bond acceptors (Lipinski definition) is 4. The number of pyridine rings is 1. The molecule has 1 aromatic heterocycles. The molecule has 1 aliphatic heterocycles.